The lowest BCUT2D eigenvalue weighted by molar-refractivity contribution is -0.0222. The minimum atomic E-state index is -0.747. The molecule has 0 spiro atoms. The molecule has 6 heteroatoms. The van der Waals surface area contributed by atoms with Gasteiger partial charge in [0.15, 0.2) is 0 Å². The number of fused-ring (bicyclic) bond motifs is 1. The Kier molecular flexibility index (Phi) is 3.29. The number of ether oxygens (including phenoxy) is 1. The minimum absolute atomic E-state index is 0.259. The first kappa shape index (κ1) is 13.2. The van der Waals surface area contributed by atoms with Gasteiger partial charge in [-0.15, -0.1) is 0 Å². The van der Waals surface area contributed by atoms with Gasteiger partial charge < -0.3 is 20.7 Å². The molecule has 106 valence electrons. The number of hydrogen-bond acceptors (Lipinski definition) is 5. The predicted octanol–water partition coefficient (Wildman–Crippen LogP) is 1.14. The molecule has 0 bridgehead atoms. The van der Waals surface area contributed by atoms with Gasteiger partial charge in [0.1, 0.15) is 17.7 Å². The standard InChI is InChI=1S/C14H15FN2O3/c15-7-1-2-10-8(3-7)9(4-14(16)17-10)12-5-11(19)13(6-18)20-12/h1-4,11-13,18-19H,5-6H2,(H2,16,17)/t11?,12?,13-/m1/s1. The fourth-order valence-corrected chi connectivity index (χ4v) is 2.61. The third-order valence-corrected chi connectivity index (χ3v) is 3.57. The zero-order valence-corrected chi connectivity index (χ0v) is 10.7. The van der Waals surface area contributed by atoms with Crippen molar-refractivity contribution >= 4 is 16.7 Å². The number of anilines is 1. The maximum absolute atomic E-state index is 13.4. The van der Waals surface area contributed by atoms with E-state index in [0.29, 0.717) is 28.7 Å². The number of pyridine rings is 1. The van der Waals surface area contributed by atoms with Crippen LogP contribution in [-0.4, -0.2) is 34.0 Å². The van der Waals surface area contributed by atoms with Gasteiger partial charge in [-0.25, -0.2) is 9.37 Å². The predicted molar refractivity (Wildman–Crippen MR) is 71.4 cm³/mol. The van der Waals surface area contributed by atoms with Gasteiger partial charge in [0.2, 0.25) is 0 Å². The van der Waals surface area contributed by atoms with E-state index < -0.39 is 18.3 Å². The molecule has 2 aromatic rings. The molecule has 1 aliphatic heterocycles. The monoisotopic (exact) mass is 278 g/mol. The maximum Gasteiger partial charge on any atom is 0.124 e. The first-order valence-electron chi connectivity index (χ1n) is 6.38. The van der Waals surface area contributed by atoms with Crippen LogP contribution < -0.4 is 5.73 Å². The van der Waals surface area contributed by atoms with Crippen LogP contribution in [0.25, 0.3) is 10.9 Å². The van der Waals surface area contributed by atoms with Crippen molar-refractivity contribution in [3.63, 3.8) is 0 Å². The lowest BCUT2D eigenvalue weighted by atomic mass is 10.0. The van der Waals surface area contributed by atoms with Crippen molar-refractivity contribution in [3.05, 3.63) is 35.6 Å². The number of aliphatic hydroxyl groups is 2. The molecule has 0 radical (unpaired) electrons. The van der Waals surface area contributed by atoms with E-state index in [1.54, 1.807) is 12.1 Å². The molecule has 3 atom stereocenters. The molecule has 3 rings (SSSR count). The largest absolute Gasteiger partial charge is 0.394 e. The lowest BCUT2D eigenvalue weighted by Crippen LogP contribution is -2.24. The highest BCUT2D eigenvalue weighted by atomic mass is 19.1. The Morgan fingerprint density at radius 2 is 2.20 bits per heavy atom. The van der Waals surface area contributed by atoms with Crippen LogP contribution >= 0.6 is 0 Å². The zero-order valence-electron chi connectivity index (χ0n) is 10.7. The Morgan fingerprint density at radius 1 is 1.40 bits per heavy atom. The summed E-state index contributed by atoms with van der Waals surface area (Å²) in [6.45, 7) is -0.259. The van der Waals surface area contributed by atoms with E-state index in [2.05, 4.69) is 4.98 Å². The van der Waals surface area contributed by atoms with Gasteiger partial charge in [-0.1, -0.05) is 0 Å². The third kappa shape index (κ3) is 2.22. The van der Waals surface area contributed by atoms with Crippen molar-refractivity contribution < 1.29 is 19.3 Å². The summed E-state index contributed by atoms with van der Waals surface area (Å²) in [6.07, 6.45) is -1.47. The van der Waals surface area contributed by atoms with Gasteiger partial charge in [-0.05, 0) is 29.8 Å². The van der Waals surface area contributed by atoms with Crippen molar-refractivity contribution in [1.82, 2.24) is 4.98 Å². The van der Waals surface area contributed by atoms with E-state index in [1.807, 2.05) is 0 Å². The van der Waals surface area contributed by atoms with E-state index in [-0.39, 0.29) is 12.4 Å². The minimum Gasteiger partial charge on any atom is -0.394 e. The van der Waals surface area contributed by atoms with Crippen LogP contribution in [0.5, 0.6) is 0 Å². The summed E-state index contributed by atoms with van der Waals surface area (Å²) >= 11 is 0. The quantitative estimate of drug-likeness (QED) is 0.766. The van der Waals surface area contributed by atoms with Crippen molar-refractivity contribution in [2.24, 2.45) is 0 Å². The highest BCUT2D eigenvalue weighted by Crippen LogP contribution is 2.37. The van der Waals surface area contributed by atoms with Crippen molar-refractivity contribution in [1.29, 1.82) is 0 Å². The summed E-state index contributed by atoms with van der Waals surface area (Å²) in [6, 6.07) is 5.87. The van der Waals surface area contributed by atoms with Gasteiger partial charge in [0, 0.05) is 11.8 Å². The molecule has 4 N–H and O–H groups in total. The molecule has 0 amide bonds. The highest BCUT2D eigenvalue weighted by molar-refractivity contribution is 5.84. The third-order valence-electron chi connectivity index (χ3n) is 3.57. The zero-order chi connectivity index (χ0) is 14.3. The smallest absolute Gasteiger partial charge is 0.124 e. The summed E-state index contributed by atoms with van der Waals surface area (Å²) in [5, 5.41) is 19.5. The van der Waals surface area contributed by atoms with E-state index in [1.165, 1.54) is 12.1 Å². The molecule has 0 saturated carbocycles. The topological polar surface area (TPSA) is 88.6 Å². The first-order chi connectivity index (χ1) is 9.58. The molecule has 1 saturated heterocycles. The van der Waals surface area contributed by atoms with E-state index >= 15 is 0 Å². The lowest BCUT2D eigenvalue weighted by Gasteiger charge is -2.15. The average molecular weight is 278 g/mol. The van der Waals surface area contributed by atoms with Crippen LogP contribution in [0.1, 0.15) is 18.1 Å². The fourth-order valence-electron chi connectivity index (χ4n) is 2.61. The van der Waals surface area contributed by atoms with Gasteiger partial charge in [-0.3, -0.25) is 0 Å². The van der Waals surface area contributed by atoms with Crippen LogP contribution in [0, 0.1) is 5.82 Å². The molecule has 5 nitrogen and oxygen atoms in total. The molecule has 1 aliphatic rings. The van der Waals surface area contributed by atoms with Crippen LogP contribution in [0.15, 0.2) is 24.3 Å². The Hall–Kier alpha value is -1.76. The number of aliphatic hydroxyl groups excluding tert-OH is 2. The summed E-state index contributed by atoms with van der Waals surface area (Å²) in [4.78, 5) is 4.15. The maximum atomic E-state index is 13.4. The van der Waals surface area contributed by atoms with Crippen LogP contribution in [0.2, 0.25) is 0 Å². The Bertz CT molecular complexity index is 650. The van der Waals surface area contributed by atoms with Gasteiger partial charge >= 0.3 is 0 Å². The van der Waals surface area contributed by atoms with Crippen LogP contribution in [0.3, 0.4) is 0 Å². The molecule has 0 aliphatic carbocycles. The summed E-state index contributed by atoms with van der Waals surface area (Å²) in [7, 11) is 0. The van der Waals surface area contributed by atoms with Crippen molar-refractivity contribution in [3.8, 4) is 0 Å². The summed E-state index contributed by atoms with van der Waals surface area (Å²) in [5.74, 6) is -0.0628. The Balaban J connectivity index is 2.09. The summed E-state index contributed by atoms with van der Waals surface area (Å²) in [5.41, 5.74) is 7.02. The number of nitrogens with zero attached hydrogens (tertiary/aromatic N) is 1. The molecule has 2 unspecified atom stereocenters. The number of nitrogen functional groups attached to an aromatic ring is 1. The van der Waals surface area contributed by atoms with E-state index in [9.17, 15) is 9.50 Å². The van der Waals surface area contributed by atoms with Gasteiger partial charge in [-0.2, -0.15) is 0 Å². The van der Waals surface area contributed by atoms with Crippen LogP contribution in [-0.2, 0) is 4.74 Å². The molecular weight excluding hydrogens is 263 g/mol. The van der Waals surface area contributed by atoms with E-state index in [4.69, 9.17) is 15.6 Å². The Morgan fingerprint density at radius 3 is 2.90 bits per heavy atom. The normalized spacial score (nSPS) is 26.2. The first-order valence-corrected chi connectivity index (χ1v) is 6.38. The highest BCUT2D eigenvalue weighted by Gasteiger charge is 2.35. The van der Waals surface area contributed by atoms with E-state index in [0.717, 1.165) is 0 Å². The summed E-state index contributed by atoms with van der Waals surface area (Å²) < 4.78 is 19.0. The molecule has 1 fully saturated rings. The fraction of sp³-hybridized carbons (Fsp3) is 0.357. The molecule has 1 aromatic carbocycles. The number of hydrogen-bond donors (Lipinski definition) is 3. The second kappa shape index (κ2) is 4.97. The van der Waals surface area contributed by atoms with Crippen LogP contribution in [0.4, 0.5) is 10.2 Å². The Labute approximate surface area is 114 Å². The molecule has 1 aromatic heterocycles. The average Bonchev–Trinajstić information content (AvgIpc) is 2.79. The number of benzene rings is 1. The van der Waals surface area contributed by atoms with Crippen molar-refractivity contribution in [2.45, 2.75) is 24.7 Å². The second-order valence-electron chi connectivity index (χ2n) is 4.95. The number of aromatic nitrogens is 1. The van der Waals surface area contributed by atoms with Gasteiger partial charge in [0.25, 0.3) is 0 Å². The molecular formula is C14H15FN2O3. The number of halogens is 1. The molecule has 2 heterocycles. The second-order valence-corrected chi connectivity index (χ2v) is 4.95. The SMILES string of the molecule is Nc1cc(C2CC(O)[C@@H](CO)O2)c2cc(F)ccc2n1. The molecule has 20 heavy (non-hydrogen) atoms. The van der Waals surface area contributed by atoms with Gasteiger partial charge in [0.05, 0.1) is 24.3 Å². The van der Waals surface area contributed by atoms with Crippen molar-refractivity contribution in [2.75, 3.05) is 12.3 Å². The number of nitrogens with two attached hydrogens (primary N) is 1. The number of rotatable bonds is 2.